The van der Waals surface area contributed by atoms with Crippen molar-refractivity contribution in [2.24, 2.45) is 4.99 Å². The summed E-state index contributed by atoms with van der Waals surface area (Å²) in [5, 5.41) is 0.998. The monoisotopic (exact) mass is 405 g/mol. The van der Waals surface area contributed by atoms with E-state index < -0.39 is 36.3 Å². The average molecular weight is 406 g/mol. The minimum absolute atomic E-state index is 0.214. The number of hydrogen-bond donors (Lipinski definition) is 0. The van der Waals surface area contributed by atoms with Gasteiger partial charge in [0.05, 0.1) is 21.2 Å². The normalized spacial score (nSPS) is 17.7. The molecule has 0 N–H and O–H groups in total. The fraction of sp³-hybridized carbons (Fsp3) is 0.133. The molecule has 0 aliphatic carbocycles. The van der Waals surface area contributed by atoms with Crippen molar-refractivity contribution in [3.8, 4) is 0 Å². The SMILES string of the molecule is O=S(=O)(F)c1ccc(C2CC(Cl)=c3cc(S(=O)(=O)F)ccc3=N2)cc1. The molecule has 0 aromatic heterocycles. The fourth-order valence-corrected chi connectivity index (χ4v) is 3.78. The number of fused-ring (bicyclic) bond motifs is 1. The molecule has 0 fully saturated rings. The van der Waals surface area contributed by atoms with Crippen molar-refractivity contribution in [3.63, 3.8) is 0 Å². The molecule has 2 aromatic carbocycles. The summed E-state index contributed by atoms with van der Waals surface area (Å²) < 4.78 is 69.7. The molecule has 1 unspecified atom stereocenters. The second-order valence-corrected chi connectivity index (χ2v) is 8.53. The third-order valence-electron chi connectivity index (χ3n) is 3.76. The lowest BCUT2D eigenvalue weighted by Crippen LogP contribution is -2.31. The Kier molecular flexibility index (Phi) is 4.42. The van der Waals surface area contributed by atoms with Crippen molar-refractivity contribution >= 4 is 37.1 Å². The maximum atomic E-state index is 13.1. The fourth-order valence-electron chi connectivity index (χ4n) is 2.53. The van der Waals surface area contributed by atoms with Crippen molar-refractivity contribution in [2.45, 2.75) is 22.3 Å². The van der Waals surface area contributed by atoms with Crippen LogP contribution in [0.2, 0.25) is 0 Å². The molecule has 0 amide bonds. The molecule has 10 heteroatoms. The highest BCUT2D eigenvalue weighted by atomic mass is 35.5. The molecule has 132 valence electrons. The van der Waals surface area contributed by atoms with Gasteiger partial charge in [-0.3, -0.25) is 4.99 Å². The van der Waals surface area contributed by atoms with E-state index in [9.17, 15) is 24.6 Å². The highest BCUT2D eigenvalue weighted by Gasteiger charge is 2.20. The van der Waals surface area contributed by atoms with E-state index in [2.05, 4.69) is 4.99 Å². The van der Waals surface area contributed by atoms with Crippen molar-refractivity contribution in [1.29, 1.82) is 0 Å². The van der Waals surface area contributed by atoms with Gasteiger partial charge in [0.2, 0.25) is 0 Å². The van der Waals surface area contributed by atoms with Gasteiger partial charge in [0.15, 0.2) is 0 Å². The molecule has 2 aromatic rings. The summed E-state index contributed by atoms with van der Waals surface area (Å²) >= 11 is 6.20. The van der Waals surface area contributed by atoms with Crippen molar-refractivity contribution < 1.29 is 24.6 Å². The van der Waals surface area contributed by atoms with Gasteiger partial charge < -0.3 is 0 Å². The van der Waals surface area contributed by atoms with Gasteiger partial charge in [0.25, 0.3) is 0 Å². The van der Waals surface area contributed by atoms with E-state index in [4.69, 9.17) is 11.6 Å². The number of halogens is 3. The first kappa shape index (κ1) is 18.0. The van der Waals surface area contributed by atoms with Crippen LogP contribution < -0.4 is 10.6 Å². The number of hydrogen-bond acceptors (Lipinski definition) is 5. The average Bonchev–Trinajstić information content (AvgIpc) is 2.53. The van der Waals surface area contributed by atoms with Gasteiger partial charge in [-0.2, -0.15) is 16.8 Å². The second kappa shape index (κ2) is 6.15. The Balaban J connectivity index is 2.05. The third-order valence-corrected chi connectivity index (χ3v) is 5.77. The minimum atomic E-state index is -4.85. The lowest BCUT2D eigenvalue weighted by Gasteiger charge is -2.17. The van der Waals surface area contributed by atoms with Crippen LogP contribution in [0, 0.1) is 0 Å². The molecule has 0 spiro atoms. The third kappa shape index (κ3) is 3.73. The molecule has 1 aliphatic heterocycles. The predicted molar refractivity (Wildman–Crippen MR) is 86.9 cm³/mol. The van der Waals surface area contributed by atoms with Gasteiger partial charge in [-0.15, -0.1) is 7.77 Å². The van der Waals surface area contributed by atoms with Gasteiger partial charge in [0, 0.05) is 16.7 Å². The van der Waals surface area contributed by atoms with E-state index >= 15 is 0 Å². The zero-order chi connectivity index (χ0) is 18.4. The maximum Gasteiger partial charge on any atom is 0.332 e. The summed E-state index contributed by atoms with van der Waals surface area (Å²) in [6.07, 6.45) is 0.214. The lowest BCUT2D eigenvalue weighted by molar-refractivity contribution is 0.549. The molecule has 1 heterocycles. The van der Waals surface area contributed by atoms with Crippen LogP contribution >= 0.6 is 11.6 Å². The maximum absolute atomic E-state index is 13.1. The molecule has 0 saturated heterocycles. The second-order valence-electron chi connectivity index (χ2n) is 5.38. The van der Waals surface area contributed by atoms with Crippen LogP contribution in [0.3, 0.4) is 0 Å². The summed E-state index contributed by atoms with van der Waals surface area (Å²) in [5.41, 5.74) is 0.610. The summed E-state index contributed by atoms with van der Waals surface area (Å²) in [5.74, 6) is 0. The Bertz CT molecular complexity index is 1180. The highest BCUT2D eigenvalue weighted by molar-refractivity contribution is 7.86. The zero-order valence-corrected chi connectivity index (χ0v) is 14.7. The molecule has 0 saturated carbocycles. The molecule has 1 atom stereocenters. The first-order chi connectivity index (χ1) is 11.6. The molecule has 3 rings (SSSR count). The molecule has 5 nitrogen and oxygen atoms in total. The molecular weight excluding hydrogens is 396 g/mol. The Labute approximate surface area is 147 Å². The van der Waals surface area contributed by atoms with Crippen molar-refractivity contribution in [2.75, 3.05) is 0 Å². The largest absolute Gasteiger partial charge is 0.332 e. The van der Waals surface area contributed by atoms with Crippen LogP contribution in [-0.4, -0.2) is 16.8 Å². The Morgan fingerprint density at radius 1 is 0.920 bits per heavy atom. The smallest absolute Gasteiger partial charge is 0.276 e. The Morgan fingerprint density at radius 2 is 1.48 bits per heavy atom. The number of benzene rings is 2. The van der Waals surface area contributed by atoms with Gasteiger partial charge in [0.1, 0.15) is 0 Å². The summed E-state index contributed by atoms with van der Waals surface area (Å²) in [6.45, 7) is 0. The summed E-state index contributed by atoms with van der Waals surface area (Å²) in [7, 11) is -9.63. The van der Waals surface area contributed by atoms with Gasteiger partial charge in [-0.05, 0) is 35.9 Å². The molecule has 0 bridgehead atoms. The first-order valence-electron chi connectivity index (χ1n) is 6.91. The molecule has 25 heavy (non-hydrogen) atoms. The van der Waals surface area contributed by atoms with Crippen LogP contribution in [0.15, 0.2) is 57.2 Å². The predicted octanol–water partition coefficient (Wildman–Crippen LogP) is 2.11. The highest BCUT2D eigenvalue weighted by Crippen LogP contribution is 2.29. The minimum Gasteiger partial charge on any atom is -0.276 e. The van der Waals surface area contributed by atoms with Crippen LogP contribution in [-0.2, 0) is 20.4 Å². The first-order valence-corrected chi connectivity index (χ1v) is 10.1. The van der Waals surface area contributed by atoms with E-state index in [1.807, 2.05) is 0 Å². The molecule has 1 aliphatic rings. The van der Waals surface area contributed by atoms with Crippen LogP contribution in [0.1, 0.15) is 18.0 Å². The Morgan fingerprint density at radius 3 is 2.04 bits per heavy atom. The Hall–Kier alpha value is -1.84. The van der Waals surface area contributed by atoms with E-state index in [0.717, 1.165) is 24.3 Å². The summed E-state index contributed by atoms with van der Waals surface area (Å²) in [6, 6.07) is 8.20. The zero-order valence-electron chi connectivity index (χ0n) is 12.4. The lowest BCUT2D eigenvalue weighted by atomic mass is 10.0. The van der Waals surface area contributed by atoms with Crippen LogP contribution in [0.25, 0.3) is 5.03 Å². The van der Waals surface area contributed by atoms with E-state index in [0.29, 0.717) is 21.2 Å². The van der Waals surface area contributed by atoms with Gasteiger partial charge in [-0.25, -0.2) is 0 Å². The van der Waals surface area contributed by atoms with Gasteiger partial charge in [-0.1, -0.05) is 23.7 Å². The standard InChI is InChI=1S/C15H10ClF2NO4S2/c16-13-8-15(9-1-3-10(4-2-9)24(17,20)21)19-14-6-5-11(7-12(13)14)25(18,22)23/h1-7,15H,8H2. The van der Waals surface area contributed by atoms with Crippen LogP contribution in [0.5, 0.6) is 0 Å². The van der Waals surface area contributed by atoms with Gasteiger partial charge >= 0.3 is 20.4 Å². The van der Waals surface area contributed by atoms with E-state index in [1.165, 1.54) is 18.2 Å². The molecule has 0 radical (unpaired) electrons. The summed E-state index contributed by atoms with van der Waals surface area (Å²) in [4.78, 5) is 3.45. The van der Waals surface area contributed by atoms with Crippen LogP contribution in [0.4, 0.5) is 7.77 Å². The quantitative estimate of drug-likeness (QED) is 0.732. The number of rotatable bonds is 3. The topological polar surface area (TPSA) is 80.6 Å². The number of nitrogens with zero attached hydrogens (tertiary/aromatic N) is 1. The van der Waals surface area contributed by atoms with E-state index in [-0.39, 0.29) is 6.42 Å². The van der Waals surface area contributed by atoms with Crippen molar-refractivity contribution in [1.82, 2.24) is 0 Å². The molecular formula is C15H10ClF2NO4S2. The van der Waals surface area contributed by atoms with Crippen molar-refractivity contribution in [3.05, 3.63) is 58.6 Å². The van der Waals surface area contributed by atoms with E-state index in [1.54, 1.807) is 0 Å².